The summed E-state index contributed by atoms with van der Waals surface area (Å²) in [4.78, 5) is 1.80. The Labute approximate surface area is 82.3 Å². The summed E-state index contributed by atoms with van der Waals surface area (Å²) in [6.07, 6.45) is 0.926. The zero-order valence-electron chi connectivity index (χ0n) is 8.35. The van der Waals surface area contributed by atoms with Crippen LogP contribution in [0.1, 0.15) is 13.3 Å². The van der Waals surface area contributed by atoms with Crippen molar-refractivity contribution < 1.29 is 8.78 Å². The van der Waals surface area contributed by atoms with Gasteiger partial charge in [-0.15, -0.1) is 0 Å². The minimum Gasteiger partial charge on any atom is -0.397 e. The Morgan fingerprint density at radius 1 is 1.29 bits per heavy atom. The summed E-state index contributed by atoms with van der Waals surface area (Å²) in [5.41, 5.74) is 6.37. The maximum Gasteiger partial charge on any atom is 0.161 e. The molecule has 0 fully saturated rings. The molecule has 1 aromatic carbocycles. The van der Waals surface area contributed by atoms with Crippen LogP contribution in [-0.2, 0) is 0 Å². The summed E-state index contributed by atoms with van der Waals surface area (Å²) in [7, 11) is 1.80. The molecule has 1 aromatic rings. The monoisotopic (exact) mass is 200 g/mol. The molecule has 0 unspecified atom stereocenters. The second kappa shape index (κ2) is 4.26. The van der Waals surface area contributed by atoms with Crippen LogP contribution in [-0.4, -0.2) is 13.6 Å². The van der Waals surface area contributed by atoms with E-state index in [1.54, 1.807) is 11.9 Å². The lowest BCUT2D eigenvalue weighted by Gasteiger charge is -2.20. The standard InChI is InChI=1S/C10H14F2N2/c1-3-4-14(2)10-6-8(12)7(11)5-9(10)13/h5-6H,3-4,13H2,1-2H3. The van der Waals surface area contributed by atoms with Gasteiger partial charge in [-0.25, -0.2) is 8.78 Å². The fourth-order valence-corrected chi connectivity index (χ4v) is 1.34. The predicted molar refractivity (Wildman–Crippen MR) is 54.3 cm³/mol. The summed E-state index contributed by atoms with van der Waals surface area (Å²) in [5, 5.41) is 0. The van der Waals surface area contributed by atoms with Crippen molar-refractivity contribution >= 4 is 11.4 Å². The molecule has 0 heterocycles. The van der Waals surface area contributed by atoms with Crippen LogP contribution in [0.25, 0.3) is 0 Å². The van der Waals surface area contributed by atoms with Crippen LogP contribution in [0.4, 0.5) is 20.2 Å². The number of nitrogens with two attached hydrogens (primary N) is 1. The van der Waals surface area contributed by atoms with Crippen molar-refractivity contribution in [3.05, 3.63) is 23.8 Å². The fourth-order valence-electron chi connectivity index (χ4n) is 1.34. The molecule has 0 aliphatic heterocycles. The Bertz CT molecular complexity index is 326. The van der Waals surface area contributed by atoms with Gasteiger partial charge in [0, 0.05) is 25.7 Å². The molecule has 1 rings (SSSR count). The Morgan fingerprint density at radius 3 is 2.43 bits per heavy atom. The summed E-state index contributed by atoms with van der Waals surface area (Å²) < 4.78 is 25.6. The molecule has 0 bridgehead atoms. The van der Waals surface area contributed by atoms with Gasteiger partial charge < -0.3 is 10.6 Å². The first-order chi connectivity index (χ1) is 6.56. The van der Waals surface area contributed by atoms with Crippen LogP contribution in [0.2, 0.25) is 0 Å². The molecule has 0 spiro atoms. The van der Waals surface area contributed by atoms with Crippen molar-refractivity contribution in [3.8, 4) is 0 Å². The van der Waals surface area contributed by atoms with E-state index in [1.807, 2.05) is 6.92 Å². The molecule has 0 aliphatic rings. The minimum atomic E-state index is -0.906. The van der Waals surface area contributed by atoms with E-state index >= 15 is 0 Å². The lowest BCUT2D eigenvalue weighted by Crippen LogP contribution is -2.19. The third-order valence-electron chi connectivity index (χ3n) is 2.04. The molecule has 2 nitrogen and oxygen atoms in total. The van der Waals surface area contributed by atoms with Gasteiger partial charge >= 0.3 is 0 Å². The molecule has 0 amide bonds. The molecule has 0 saturated carbocycles. The number of rotatable bonds is 3. The van der Waals surface area contributed by atoms with E-state index in [1.165, 1.54) is 0 Å². The fraction of sp³-hybridized carbons (Fsp3) is 0.400. The molecule has 0 aromatic heterocycles. The van der Waals surface area contributed by atoms with Gasteiger partial charge in [-0.2, -0.15) is 0 Å². The van der Waals surface area contributed by atoms with Crippen LogP contribution in [0.3, 0.4) is 0 Å². The summed E-state index contributed by atoms with van der Waals surface area (Å²) in [5.74, 6) is -1.77. The van der Waals surface area contributed by atoms with E-state index in [0.717, 1.165) is 25.1 Å². The van der Waals surface area contributed by atoms with Gasteiger partial charge in [0.1, 0.15) is 0 Å². The first-order valence-corrected chi connectivity index (χ1v) is 4.52. The number of benzene rings is 1. The summed E-state index contributed by atoms with van der Waals surface area (Å²) in [6, 6.07) is 2.14. The molecule has 0 radical (unpaired) electrons. The Hall–Kier alpha value is -1.32. The molecule has 2 N–H and O–H groups in total. The van der Waals surface area contributed by atoms with Crippen LogP contribution < -0.4 is 10.6 Å². The van der Waals surface area contributed by atoms with Crippen LogP contribution in [0, 0.1) is 11.6 Å². The Balaban J connectivity index is 3.02. The second-order valence-electron chi connectivity index (χ2n) is 3.25. The molecular formula is C10H14F2N2. The van der Waals surface area contributed by atoms with Crippen molar-refractivity contribution in [2.75, 3.05) is 24.2 Å². The van der Waals surface area contributed by atoms with Crippen molar-refractivity contribution in [3.63, 3.8) is 0 Å². The van der Waals surface area contributed by atoms with Crippen molar-refractivity contribution in [2.24, 2.45) is 0 Å². The third-order valence-corrected chi connectivity index (χ3v) is 2.04. The van der Waals surface area contributed by atoms with E-state index in [0.29, 0.717) is 5.69 Å². The van der Waals surface area contributed by atoms with Crippen molar-refractivity contribution in [1.82, 2.24) is 0 Å². The molecule has 14 heavy (non-hydrogen) atoms. The largest absolute Gasteiger partial charge is 0.397 e. The molecule has 4 heteroatoms. The van der Waals surface area contributed by atoms with Gasteiger partial charge in [-0.1, -0.05) is 6.92 Å². The average Bonchev–Trinajstić information content (AvgIpc) is 2.11. The summed E-state index contributed by atoms with van der Waals surface area (Å²) >= 11 is 0. The van der Waals surface area contributed by atoms with E-state index in [4.69, 9.17) is 5.73 Å². The maximum absolute atomic E-state index is 12.9. The number of nitrogens with zero attached hydrogens (tertiary/aromatic N) is 1. The van der Waals surface area contributed by atoms with Crippen molar-refractivity contribution in [2.45, 2.75) is 13.3 Å². The Morgan fingerprint density at radius 2 is 1.86 bits per heavy atom. The smallest absolute Gasteiger partial charge is 0.161 e. The molecule has 0 aliphatic carbocycles. The highest BCUT2D eigenvalue weighted by Crippen LogP contribution is 2.25. The second-order valence-corrected chi connectivity index (χ2v) is 3.25. The van der Waals surface area contributed by atoms with Gasteiger partial charge in [0.25, 0.3) is 0 Å². The number of hydrogen-bond acceptors (Lipinski definition) is 2. The lowest BCUT2D eigenvalue weighted by molar-refractivity contribution is 0.509. The van der Waals surface area contributed by atoms with Gasteiger partial charge in [0.2, 0.25) is 0 Å². The quantitative estimate of drug-likeness (QED) is 0.759. The minimum absolute atomic E-state index is 0.264. The van der Waals surface area contributed by atoms with Crippen molar-refractivity contribution in [1.29, 1.82) is 0 Å². The molecule has 0 atom stereocenters. The van der Waals surface area contributed by atoms with Gasteiger partial charge in [-0.3, -0.25) is 0 Å². The highest BCUT2D eigenvalue weighted by atomic mass is 19.2. The topological polar surface area (TPSA) is 29.3 Å². The summed E-state index contributed by atoms with van der Waals surface area (Å²) in [6.45, 7) is 2.77. The first kappa shape index (κ1) is 10.8. The maximum atomic E-state index is 12.9. The number of anilines is 2. The first-order valence-electron chi connectivity index (χ1n) is 4.52. The lowest BCUT2D eigenvalue weighted by atomic mass is 10.2. The van der Waals surface area contributed by atoms with Gasteiger partial charge in [0.15, 0.2) is 11.6 Å². The van der Waals surface area contributed by atoms with E-state index in [2.05, 4.69) is 0 Å². The molecule has 78 valence electrons. The van der Waals surface area contributed by atoms with Gasteiger partial charge in [-0.05, 0) is 6.42 Å². The third kappa shape index (κ3) is 2.13. The SMILES string of the molecule is CCCN(C)c1cc(F)c(F)cc1N. The van der Waals surface area contributed by atoms with Gasteiger partial charge in [0.05, 0.1) is 11.4 Å². The zero-order valence-corrected chi connectivity index (χ0v) is 8.35. The van der Waals surface area contributed by atoms with E-state index < -0.39 is 11.6 Å². The number of halogens is 2. The number of hydrogen-bond donors (Lipinski definition) is 1. The van der Waals surface area contributed by atoms with Crippen LogP contribution in [0.5, 0.6) is 0 Å². The Kier molecular flexibility index (Phi) is 3.28. The van der Waals surface area contributed by atoms with E-state index in [9.17, 15) is 8.78 Å². The normalized spacial score (nSPS) is 10.3. The number of nitrogen functional groups attached to an aromatic ring is 1. The predicted octanol–water partition coefficient (Wildman–Crippen LogP) is 2.39. The molecular weight excluding hydrogens is 186 g/mol. The molecule has 0 saturated heterocycles. The van der Waals surface area contributed by atoms with Crippen LogP contribution >= 0.6 is 0 Å². The highest BCUT2D eigenvalue weighted by molar-refractivity contribution is 5.67. The highest BCUT2D eigenvalue weighted by Gasteiger charge is 2.10. The van der Waals surface area contributed by atoms with Crippen LogP contribution in [0.15, 0.2) is 12.1 Å². The average molecular weight is 200 g/mol. The van der Waals surface area contributed by atoms with E-state index in [-0.39, 0.29) is 5.69 Å². The zero-order chi connectivity index (χ0) is 10.7.